The van der Waals surface area contributed by atoms with E-state index in [9.17, 15) is 19.2 Å². The van der Waals surface area contributed by atoms with Crippen molar-refractivity contribution < 1.29 is 37.7 Å². The minimum atomic E-state index is -0.458. The van der Waals surface area contributed by atoms with Gasteiger partial charge in [0.15, 0.2) is 0 Å². The van der Waals surface area contributed by atoms with Crippen LogP contribution in [0, 0.1) is 0 Å². The van der Waals surface area contributed by atoms with Crippen LogP contribution < -0.4 is 5.32 Å². The summed E-state index contributed by atoms with van der Waals surface area (Å²) in [6, 6.07) is 0. The number of carbonyl (C=O) groups is 4. The van der Waals surface area contributed by atoms with E-state index in [-0.39, 0.29) is 60.8 Å². The van der Waals surface area contributed by atoms with Crippen molar-refractivity contribution in [1.29, 1.82) is 0 Å². The van der Waals surface area contributed by atoms with Gasteiger partial charge in [0.25, 0.3) is 11.8 Å². The monoisotopic (exact) mass is 408 g/mol. The van der Waals surface area contributed by atoms with Crippen LogP contribution in [0.25, 0.3) is 0 Å². The van der Waals surface area contributed by atoms with Crippen molar-refractivity contribution in [2.45, 2.75) is 27.7 Å². The van der Waals surface area contributed by atoms with Crippen molar-refractivity contribution in [3.05, 3.63) is 0 Å². The van der Waals surface area contributed by atoms with E-state index in [1.165, 1.54) is 27.7 Å². The van der Waals surface area contributed by atoms with Crippen molar-refractivity contribution in [3.63, 3.8) is 0 Å². The average molecular weight is 408 g/mol. The minimum absolute atomic E-state index is 0. The summed E-state index contributed by atoms with van der Waals surface area (Å²) in [7, 11) is 0. The van der Waals surface area contributed by atoms with Gasteiger partial charge >= 0.3 is 0 Å². The molecule has 7 nitrogen and oxygen atoms in total. The van der Waals surface area contributed by atoms with Gasteiger partial charge in [-0.3, -0.25) is 19.2 Å². The van der Waals surface area contributed by atoms with Gasteiger partial charge in [0, 0.05) is 39.3 Å². The average Bonchev–Trinajstić information content (AvgIpc) is 2.12. The van der Waals surface area contributed by atoms with Crippen LogP contribution in [0.15, 0.2) is 10.2 Å². The summed E-state index contributed by atoms with van der Waals surface area (Å²) in [6.45, 7) is 5.41. The Labute approximate surface area is 134 Å². The largest absolute Gasteiger partial charge is 0.349 e. The summed E-state index contributed by atoms with van der Waals surface area (Å²) < 4.78 is 0. The van der Waals surface area contributed by atoms with Crippen LogP contribution in [0.1, 0.15) is 27.7 Å². The Balaban J connectivity index is -0.0000000980. The van der Waals surface area contributed by atoms with Crippen molar-refractivity contribution in [2.24, 2.45) is 10.2 Å². The first-order valence-corrected chi connectivity index (χ1v) is 4.42. The first-order chi connectivity index (χ1) is 7.25. The SMILES string of the molecule is CC(=O)CNC(C)=O.CC(=O)N=NC(C)=O.I.[V]. The number of nitrogens with one attached hydrogen (secondary N) is 1. The number of hydrogen-bond donors (Lipinski definition) is 1. The van der Waals surface area contributed by atoms with E-state index in [4.69, 9.17) is 0 Å². The van der Waals surface area contributed by atoms with Crippen molar-refractivity contribution in [3.8, 4) is 0 Å². The van der Waals surface area contributed by atoms with Gasteiger partial charge in [0.1, 0.15) is 5.78 Å². The molecule has 103 valence electrons. The number of hydrogen-bond acceptors (Lipinski definition) is 4. The molecule has 0 aromatic heterocycles. The third-order valence-electron chi connectivity index (χ3n) is 0.918. The molecule has 0 aliphatic rings. The van der Waals surface area contributed by atoms with Crippen molar-refractivity contribution in [1.82, 2.24) is 5.32 Å². The number of carbonyl (C=O) groups excluding carboxylic acids is 4. The summed E-state index contributed by atoms with van der Waals surface area (Å²) in [5, 5.41) is 8.28. The van der Waals surface area contributed by atoms with E-state index in [2.05, 4.69) is 15.5 Å². The van der Waals surface area contributed by atoms with Crippen LogP contribution in [0.2, 0.25) is 0 Å². The molecule has 0 aromatic carbocycles. The standard InChI is InChI=1S/C5H9NO2.C4H6N2O2.HI.V/c1-4(7)3-6-5(2)8;1-3(7)5-6-4(2)8;;/h3H2,1-2H3,(H,6,8);1-2H3;1H;. The quantitative estimate of drug-likeness (QED) is 0.541. The van der Waals surface area contributed by atoms with Crippen LogP contribution in [-0.2, 0) is 37.7 Å². The summed E-state index contributed by atoms with van der Waals surface area (Å²) in [5.41, 5.74) is 0. The van der Waals surface area contributed by atoms with Crippen LogP contribution in [0.4, 0.5) is 0 Å². The van der Waals surface area contributed by atoms with E-state index < -0.39 is 11.8 Å². The molecule has 1 N–H and O–H groups in total. The predicted octanol–water partition coefficient (Wildman–Crippen LogP) is 0.859. The van der Waals surface area contributed by atoms with E-state index in [0.29, 0.717) is 0 Å². The number of rotatable bonds is 2. The summed E-state index contributed by atoms with van der Waals surface area (Å²) in [4.78, 5) is 40.1. The molecule has 0 unspecified atom stereocenters. The maximum Gasteiger partial charge on any atom is 0.261 e. The van der Waals surface area contributed by atoms with Gasteiger partial charge in [-0.2, -0.15) is 0 Å². The maximum atomic E-state index is 10.1. The number of Topliss-reactive ketones (excluding diaryl/α,β-unsaturated/α-hetero) is 1. The van der Waals surface area contributed by atoms with Crippen molar-refractivity contribution >= 4 is 47.5 Å². The Morgan fingerprint density at radius 3 is 1.33 bits per heavy atom. The molecule has 0 atom stereocenters. The Morgan fingerprint density at radius 1 is 0.889 bits per heavy atom. The Kier molecular flexibility index (Phi) is 23.7. The zero-order valence-electron chi connectivity index (χ0n) is 10.6. The molecular formula is C9H16IN3O4V. The van der Waals surface area contributed by atoms with E-state index in [1.54, 1.807) is 0 Å². The molecule has 0 saturated carbocycles. The number of ketones is 1. The maximum absolute atomic E-state index is 10.1. The number of amides is 3. The summed E-state index contributed by atoms with van der Waals surface area (Å²) in [6.07, 6.45) is 0. The number of nitrogens with zero attached hydrogens (tertiary/aromatic N) is 2. The normalized spacial score (nSPS) is 8.00. The van der Waals surface area contributed by atoms with Gasteiger partial charge < -0.3 is 5.32 Å². The zero-order chi connectivity index (χ0) is 13.1. The molecule has 0 bridgehead atoms. The summed E-state index contributed by atoms with van der Waals surface area (Å²) in [5.74, 6) is -1.11. The van der Waals surface area contributed by atoms with E-state index >= 15 is 0 Å². The molecule has 0 aliphatic heterocycles. The number of azo groups is 1. The van der Waals surface area contributed by atoms with Crippen LogP contribution >= 0.6 is 24.0 Å². The Bertz CT molecular complexity index is 291. The third kappa shape index (κ3) is 36.1. The Hall–Kier alpha value is -0.606. The molecule has 1 radical (unpaired) electrons. The van der Waals surface area contributed by atoms with Crippen LogP contribution in [-0.4, -0.2) is 30.0 Å². The number of halogens is 1. The molecule has 0 spiro atoms. The first kappa shape index (κ1) is 26.1. The van der Waals surface area contributed by atoms with Crippen LogP contribution in [0.5, 0.6) is 0 Å². The Morgan fingerprint density at radius 2 is 1.22 bits per heavy atom. The molecule has 0 rings (SSSR count). The zero-order valence-corrected chi connectivity index (χ0v) is 14.3. The topological polar surface area (TPSA) is 105 Å². The molecule has 9 heteroatoms. The van der Waals surface area contributed by atoms with E-state index in [0.717, 1.165) is 0 Å². The molecule has 0 heterocycles. The summed E-state index contributed by atoms with van der Waals surface area (Å²) >= 11 is 0. The molecule has 0 aromatic rings. The molecular weight excluding hydrogens is 392 g/mol. The van der Waals surface area contributed by atoms with E-state index in [1.807, 2.05) is 0 Å². The fourth-order valence-electron chi connectivity index (χ4n) is 0.390. The van der Waals surface area contributed by atoms with Crippen molar-refractivity contribution in [2.75, 3.05) is 6.54 Å². The molecule has 3 amide bonds. The smallest absolute Gasteiger partial charge is 0.261 e. The predicted molar refractivity (Wildman–Crippen MR) is 71.0 cm³/mol. The van der Waals surface area contributed by atoms with Gasteiger partial charge in [-0.1, -0.05) is 0 Å². The van der Waals surface area contributed by atoms with Gasteiger partial charge in [-0.25, -0.2) is 0 Å². The molecule has 0 saturated heterocycles. The minimum Gasteiger partial charge on any atom is -0.349 e. The van der Waals surface area contributed by atoms with Gasteiger partial charge in [-0.05, 0) is 6.92 Å². The fraction of sp³-hybridized carbons (Fsp3) is 0.556. The second kappa shape index (κ2) is 16.4. The molecule has 0 aliphatic carbocycles. The van der Waals surface area contributed by atoms with Gasteiger partial charge in [0.05, 0.1) is 6.54 Å². The third-order valence-corrected chi connectivity index (χ3v) is 0.918. The molecule has 0 fully saturated rings. The fourth-order valence-corrected chi connectivity index (χ4v) is 0.390. The first-order valence-electron chi connectivity index (χ1n) is 4.42. The van der Waals surface area contributed by atoms with Crippen LogP contribution in [0.3, 0.4) is 0 Å². The second-order valence-electron chi connectivity index (χ2n) is 2.85. The molecule has 18 heavy (non-hydrogen) atoms. The second-order valence-corrected chi connectivity index (χ2v) is 2.85. The van der Waals surface area contributed by atoms with Gasteiger partial charge in [0.2, 0.25) is 5.91 Å². The van der Waals surface area contributed by atoms with Gasteiger partial charge in [-0.15, -0.1) is 34.2 Å².